The van der Waals surface area contributed by atoms with Gasteiger partial charge in [-0.05, 0) is 0 Å². The Morgan fingerprint density at radius 2 is 1.80 bits per heavy atom. The van der Waals surface area contributed by atoms with Crippen LogP contribution in [0.1, 0.15) is 52.4 Å². The molecule has 0 radical (unpaired) electrons. The summed E-state index contributed by atoms with van der Waals surface area (Å²) in [6.45, 7) is 5.42. The van der Waals surface area contributed by atoms with E-state index in [2.05, 4.69) is 18.8 Å². The molecule has 0 aromatic carbocycles. The van der Waals surface area contributed by atoms with E-state index in [4.69, 9.17) is 4.74 Å². The molecule has 0 spiro atoms. The molecule has 0 atom stereocenters. The van der Waals surface area contributed by atoms with Gasteiger partial charge < -0.3 is 0 Å². The van der Waals surface area contributed by atoms with Crippen LogP contribution in [0, 0.1) is 0 Å². The van der Waals surface area contributed by atoms with Crippen LogP contribution in [0.15, 0.2) is 4.99 Å². The van der Waals surface area contributed by atoms with Crippen LogP contribution in [0.25, 0.3) is 0 Å². The van der Waals surface area contributed by atoms with Gasteiger partial charge in [0.1, 0.15) is 0 Å². The number of aliphatic imine (C=N–C) groups is 1. The fourth-order valence-corrected chi connectivity index (χ4v) is 3.09. The first kappa shape index (κ1) is 15.0. The van der Waals surface area contributed by atoms with E-state index in [9.17, 15) is 0 Å². The van der Waals surface area contributed by atoms with Crippen molar-refractivity contribution in [2.75, 3.05) is 13.7 Å². The zero-order chi connectivity index (χ0) is 11.4. The summed E-state index contributed by atoms with van der Waals surface area (Å²) < 4.78 is 5.28. The van der Waals surface area contributed by atoms with Crippen molar-refractivity contribution in [2.45, 2.75) is 57.7 Å². The van der Waals surface area contributed by atoms with Gasteiger partial charge in [0.05, 0.1) is 0 Å². The topological polar surface area (TPSA) is 21.6 Å². The predicted octanol–water partition coefficient (Wildman–Crippen LogP) is 3.49. The Balaban J connectivity index is 3.50. The SMILES string of the molecule is CCCCCCN=C(OC)[Se]CCCC. The van der Waals surface area contributed by atoms with Crippen LogP contribution in [0.5, 0.6) is 0 Å². The molecule has 0 bridgehead atoms. The Morgan fingerprint density at radius 3 is 2.40 bits per heavy atom. The van der Waals surface area contributed by atoms with E-state index < -0.39 is 0 Å². The summed E-state index contributed by atoms with van der Waals surface area (Å²) in [6, 6.07) is 0. The van der Waals surface area contributed by atoms with Crippen molar-refractivity contribution in [2.24, 2.45) is 4.99 Å². The van der Waals surface area contributed by atoms with Gasteiger partial charge in [-0.2, -0.15) is 0 Å². The molecule has 0 heterocycles. The number of hydrogen-bond acceptors (Lipinski definition) is 2. The summed E-state index contributed by atoms with van der Waals surface area (Å²) >= 11 is 0.468. The van der Waals surface area contributed by atoms with E-state index in [0.29, 0.717) is 15.0 Å². The van der Waals surface area contributed by atoms with E-state index in [1.54, 1.807) is 7.11 Å². The quantitative estimate of drug-likeness (QED) is 0.274. The Labute approximate surface area is 101 Å². The van der Waals surface area contributed by atoms with Crippen LogP contribution in [-0.2, 0) is 4.74 Å². The standard InChI is InChI=1S/C12H25NOSe/c1-4-6-8-9-10-13-12(14-3)15-11-7-5-2/h4-11H2,1-3H3. The van der Waals surface area contributed by atoms with Gasteiger partial charge in [0.15, 0.2) is 0 Å². The fourth-order valence-electron chi connectivity index (χ4n) is 1.18. The molecule has 0 aliphatic carbocycles. The van der Waals surface area contributed by atoms with Gasteiger partial charge in [-0.15, -0.1) is 0 Å². The van der Waals surface area contributed by atoms with Crippen LogP contribution in [0.2, 0.25) is 5.32 Å². The number of methoxy groups -OCH3 is 1. The number of hydrogen-bond donors (Lipinski definition) is 0. The minimum atomic E-state index is 0.468. The summed E-state index contributed by atoms with van der Waals surface area (Å²) in [5.74, 6) is 0. The molecule has 0 aromatic rings. The second-order valence-corrected chi connectivity index (χ2v) is 5.81. The summed E-state index contributed by atoms with van der Waals surface area (Å²) in [5, 5.41) is 1.27. The second kappa shape index (κ2) is 12.1. The second-order valence-electron chi connectivity index (χ2n) is 3.61. The Kier molecular flexibility index (Phi) is 12.1. The van der Waals surface area contributed by atoms with Gasteiger partial charge in [0.2, 0.25) is 0 Å². The van der Waals surface area contributed by atoms with Crippen molar-refractivity contribution in [3.63, 3.8) is 0 Å². The number of rotatable bonds is 9. The molecule has 0 saturated carbocycles. The molecule has 15 heavy (non-hydrogen) atoms. The first-order valence-corrected chi connectivity index (χ1v) is 8.13. The molecular formula is C12H25NOSe. The molecule has 0 aliphatic heterocycles. The van der Waals surface area contributed by atoms with E-state index in [1.807, 2.05) is 0 Å². The molecule has 0 fully saturated rings. The average Bonchev–Trinajstić information content (AvgIpc) is 2.26. The first-order chi connectivity index (χ1) is 7.35. The van der Waals surface area contributed by atoms with Crippen molar-refractivity contribution < 1.29 is 4.74 Å². The van der Waals surface area contributed by atoms with Crippen LogP contribution >= 0.6 is 0 Å². The fraction of sp³-hybridized carbons (Fsp3) is 0.917. The summed E-state index contributed by atoms with van der Waals surface area (Å²) in [6.07, 6.45) is 7.72. The van der Waals surface area contributed by atoms with Gasteiger partial charge in [-0.25, -0.2) is 0 Å². The summed E-state index contributed by atoms with van der Waals surface area (Å²) in [4.78, 5) is 5.51. The van der Waals surface area contributed by atoms with Gasteiger partial charge >= 0.3 is 101 Å². The van der Waals surface area contributed by atoms with E-state index in [1.165, 1.54) is 43.8 Å². The van der Waals surface area contributed by atoms with Gasteiger partial charge in [0.25, 0.3) is 0 Å². The number of ether oxygens (including phenoxy) is 1. The van der Waals surface area contributed by atoms with Crippen molar-refractivity contribution >= 4 is 19.8 Å². The van der Waals surface area contributed by atoms with Crippen LogP contribution in [-0.4, -0.2) is 33.4 Å². The molecule has 0 saturated heterocycles. The normalized spacial score (nSPS) is 11.8. The molecule has 0 aromatic heterocycles. The number of nitrogens with zero attached hydrogens (tertiary/aromatic N) is 1. The molecule has 2 nitrogen and oxygen atoms in total. The Morgan fingerprint density at radius 1 is 1.07 bits per heavy atom. The van der Waals surface area contributed by atoms with Crippen molar-refractivity contribution in [3.05, 3.63) is 0 Å². The molecule has 3 heteroatoms. The maximum absolute atomic E-state index is 5.28. The third-order valence-electron chi connectivity index (χ3n) is 2.15. The first-order valence-electron chi connectivity index (χ1n) is 6.06. The Hall–Kier alpha value is -0.0105. The van der Waals surface area contributed by atoms with Crippen molar-refractivity contribution in [1.82, 2.24) is 0 Å². The van der Waals surface area contributed by atoms with E-state index in [-0.39, 0.29) is 0 Å². The zero-order valence-electron chi connectivity index (χ0n) is 10.4. The molecule has 0 rings (SSSR count). The minimum absolute atomic E-state index is 0.468. The average molecular weight is 278 g/mol. The molecule has 0 N–H and O–H groups in total. The maximum atomic E-state index is 5.28. The van der Waals surface area contributed by atoms with E-state index in [0.717, 1.165) is 11.3 Å². The van der Waals surface area contributed by atoms with Crippen LogP contribution in [0.3, 0.4) is 0 Å². The molecule has 0 unspecified atom stereocenters. The molecule has 90 valence electrons. The third kappa shape index (κ3) is 10.3. The van der Waals surface area contributed by atoms with Crippen LogP contribution < -0.4 is 0 Å². The Bertz CT molecular complexity index is 160. The van der Waals surface area contributed by atoms with E-state index >= 15 is 0 Å². The monoisotopic (exact) mass is 279 g/mol. The van der Waals surface area contributed by atoms with Gasteiger partial charge in [-0.3, -0.25) is 0 Å². The molecular weight excluding hydrogens is 253 g/mol. The van der Waals surface area contributed by atoms with Gasteiger partial charge in [-0.1, -0.05) is 0 Å². The van der Waals surface area contributed by atoms with Gasteiger partial charge in [0, 0.05) is 0 Å². The molecule has 0 amide bonds. The number of unbranched alkanes of at least 4 members (excludes halogenated alkanes) is 4. The predicted molar refractivity (Wildman–Crippen MR) is 68.9 cm³/mol. The van der Waals surface area contributed by atoms with Crippen LogP contribution in [0.4, 0.5) is 0 Å². The third-order valence-corrected chi connectivity index (χ3v) is 4.32. The molecule has 0 aliphatic rings. The van der Waals surface area contributed by atoms with Crippen molar-refractivity contribution in [3.8, 4) is 0 Å². The van der Waals surface area contributed by atoms with Crippen molar-refractivity contribution in [1.29, 1.82) is 0 Å². The summed E-state index contributed by atoms with van der Waals surface area (Å²) in [7, 11) is 1.75. The zero-order valence-corrected chi connectivity index (χ0v) is 12.1. The summed E-state index contributed by atoms with van der Waals surface area (Å²) in [5.41, 5.74) is 0.